The zero-order valence-corrected chi connectivity index (χ0v) is 12.3. The molecule has 0 aliphatic heterocycles. The first-order valence-corrected chi connectivity index (χ1v) is 6.93. The van der Waals surface area contributed by atoms with E-state index in [-0.39, 0.29) is 11.9 Å². The van der Waals surface area contributed by atoms with Gasteiger partial charge in [0, 0.05) is 32.0 Å². The van der Waals surface area contributed by atoms with Crippen molar-refractivity contribution in [3.05, 3.63) is 11.7 Å². The van der Waals surface area contributed by atoms with E-state index in [1.807, 2.05) is 27.7 Å². The van der Waals surface area contributed by atoms with Gasteiger partial charge in [0.25, 0.3) is 0 Å². The summed E-state index contributed by atoms with van der Waals surface area (Å²) in [4.78, 5) is 17.7. The molecule has 0 fully saturated rings. The number of hydrogen-bond acceptors (Lipinski definition) is 4. The van der Waals surface area contributed by atoms with Gasteiger partial charge in [-0.2, -0.15) is 4.98 Å². The van der Waals surface area contributed by atoms with Crippen molar-refractivity contribution in [2.45, 2.75) is 46.5 Å². The zero-order chi connectivity index (χ0) is 14.3. The third-order valence-electron chi connectivity index (χ3n) is 2.89. The topological polar surface area (TPSA) is 71.3 Å². The normalized spacial score (nSPS) is 10.8. The van der Waals surface area contributed by atoms with Crippen molar-refractivity contribution < 1.29 is 9.32 Å². The van der Waals surface area contributed by atoms with Crippen LogP contribution in [0.15, 0.2) is 4.52 Å². The fraction of sp³-hybridized carbons (Fsp3) is 0.769. The van der Waals surface area contributed by atoms with Crippen molar-refractivity contribution in [1.82, 2.24) is 20.4 Å². The van der Waals surface area contributed by atoms with E-state index in [1.165, 1.54) is 0 Å². The van der Waals surface area contributed by atoms with E-state index in [0.717, 1.165) is 25.3 Å². The summed E-state index contributed by atoms with van der Waals surface area (Å²) < 4.78 is 5.14. The summed E-state index contributed by atoms with van der Waals surface area (Å²) in [6.07, 6.45) is 1.49. The van der Waals surface area contributed by atoms with Crippen LogP contribution in [0.3, 0.4) is 0 Å². The standard InChI is InChI=1S/C13H24N4O2/c1-5-17(6-2)13(18)14-9-7-8-11-15-12(10(3)4)16-19-11/h10H,5-9H2,1-4H3,(H,14,18). The molecular weight excluding hydrogens is 244 g/mol. The highest BCUT2D eigenvalue weighted by atomic mass is 16.5. The summed E-state index contributed by atoms with van der Waals surface area (Å²) in [6, 6.07) is -0.0154. The fourth-order valence-corrected chi connectivity index (χ4v) is 1.66. The van der Waals surface area contributed by atoms with E-state index in [4.69, 9.17) is 4.52 Å². The number of carbonyl (C=O) groups is 1. The van der Waals surface area contributed by atoms with Gasteiger partial charge in [0.1, 0.15) is 0 Å². The lowest BCUT2D eigenvalue weighted by Gasteiger charge is -2.18. The lowest BCUT2D eigenvalue weighted by molar-refractivity contribution is 0.203. The molecule has 2 amide bonds. The molecule has 0 spiro atoms. The van der Waals surface area contributed by atoms with Gasteiger partial charge in [-0.25, -0.2) is 4.79 Å². The summed E-state index contributed by atoms with van der Waals surface area (Å²) in [5, 5.41) is 6.78. The monoisotopic (exact) mass is 268 g/mol. The smallest absolute Gasteiger partial charge is 0.317 e. The molecule has 0 aromatic carbocycles. The molecule has 0 bridgehead atoms. The van der Waals surface area contributed by atoms with Gasteiger partial charge < -0.3 is 14.7 Å². The molecule has 0 saturated heterocycles. The van der Waals surface area contributed by atoms with Crippen molar-refractivity contribution >= 4 is 6.03 Å². The van der Waals surface area contributed by atoms with Crippen LogP contribution >= 0.6 is 0 Å². The molecule has 1 aromatic rings. The van der Waals surface area contributed by atoms with Gasteiger partial charge in [-0.1, -0.05) is 19.0 Å². The maximum atomic E-state index is 11.7. The van der Waals surface area contributed by atoms with Crippen molar-refractivity contribution in [2.75, 3.05) is 19.6 Å². The second-order valence-electron chi connectivity index (χ2n) is 4.71. The first-order chi connectivity index (χ1) is 9.08. The number of urea groups is 1. The molecule has 1 heterocycles. The average Bonchev–Trinajstić information content (AvgIpc) is 2.85. The van der Waals surface area contributed by atoms with Crippen LogP contribution in [0.25, 0.3) is 0 Å². The summed E-state index contributed by atoms with van der Waals surface area (Å²) in [7, 11) is 0. The van der Waals surface area contributed by atoms with Gasteiger partial charge in [-0.05, 0) is 20.3 Å². The second-order valence-corrected chi connectivity index (χ2v) is 4.71. The second kappa shape index (κ2) is 7.76. The highest BCUT2D eigenvalue weighted by Gasteiger charge is 2.10. The summed E-state index contributed by atoms with van der Waals surface area (Å²) >= 11 is 0. The van der Waals surface area contributed by atoms with E-state index < -0.39 is 0 Å². The third-order valence-corrected chi connectivity index (χ3v) is 2.89. The Balaban J connectivity index is 2.25. The molecule has 0 aliphatic rings. The highest BCUT2D eigenvalue weighted by Crippen LogP contribution is 2.10. The van der Waals surface area contributed by atoms with Gasteiger partial charge in [0.05, 0.1) is 0 Å². The van der Waals surface area contributed by atoms with Gasteiger partial charge in [0.2, 0.25) is 5.89 Å². The number of rotatable bonds is 7. The molecule has 6 nitrogen and oxygen atoms in total. The number of hydrogen-bond donors (Lipinski definition) is 1. The Morgan fingerprint density at radius 3 is 2.58 bits per heavy atom. The summed E-state index contributed by atoms with van der Waals surface area (Å²) in [5.41, 5.74) is 0. The molecule has 6 heteroatoms. The fourth-order valence-electron chi connectivity index (χ4n) is 1.66. The molecule has 1 aromatic heterocycles. The Kier molecular flexibility index (Phi) is 6.32. The SMILES string of the molecule is CCN(CC)C(=O)NCCCc1nc(C(C)C)no1. The highest BCUT2D eigenvalue weighted by molar-refractivity contribution is 5.73. The Hall–Kier alpha value is -1.59. The zero-order valence-electron chi connectivity index (χ0n) is 12.3. The molecule has 108 valence electrons. The molecule has 1 rings (SSSR count). The van der Waals surface area contributed by atoms with E-state index in [1.54, 1.807) is 4.90 Å². The van der Waals surface area contributed by atoms with Crippen molar-refractivity contribution in [3.63, 3.8) is 0 Å². The van der Waals surface area contributed by atoms with Crippen molar-refractivity contribution in [2.24, 2.45) is 0 Å². The molecule has 0 unspecified atom stereocenters. The minimum atomic E-state index is -0.0154. The minimum absolute atomic E-state index is 0.0154. The number of carbonyl (C=O) groups excluding carboxylic acids is 1. The Morgan fingerprint density at radius 2 is 2.05 bits per heavy atom. The van der Waals surface area contributed by atoms with Crippen LogP contribution in [-0.4, -0.2) is 40.7 Å². The van der Waals surface area contributed by atoms with Crippen LogP contribution in [0, 0.1) is 0 Å². The van der Waals surface area contributed by atoms with Crippen LogP contribution in [0.4, 0.5) is 4.79 Å². The predicted molar refractivity (Wildman–Crippen MR) is 73.0 cm³/mol. The number of aryl methyl sites for hydroxylation is 1. The van der Waals surface area contributed by atoms with Crippen molar-refractivity contribution in [1.29, 1.82) is 0 Å². The van der Waals surface area contributed by atoms with E-state index >= 15 is 0 Å². The summed E-state index contributed by atoms with van der Waals surface area (Å²) in [5.74, 6) is 1.66. The van der Waals surface area contributed by atoms with Gasteiger partial charge in [-0.3, -0.25) is 0 Å². The summed E-state index contributed by atoms with van der Waals surface area (Å²) in [6.45, 7) is 10.1. The molecule has 0 atom stereocenters. The maximum absolute atomic E-state index is 11.7. The number of nitrogens with one attached hydrogen (secondary N) is 1. The van der Waals surface area contributed by atoms with Crippen LogP contribution in [0.5, 0.6) is 0 Å². The largest absolute Gasteiger partial charge is 0.339 e. The average molecular weight is 268 g/mol. The van der Waals surface area contributed by atoms with E-state index in [2.05, 4.69) is 15.5 Å². The van der Waals surface area contributed by atoms with Crippen molar-refractivity contribution in [3.8, 4) is 0 Å². The predicted octanol–water partition coefficient (Wildman–Crippen LogP) is 2.18. The Bertz CT molecular complexity index is 386. The van der Waals surface area contributed by atoms with Crippen LogP contribution in [-0.2, 0) is 6.42 Å². The molecule has 0 aliphatic carbocycles. The molecular formula is C13H24N4O2. The van der Waals surface area contributed by atoms with Gasteiger partial charge in [0.15, 0.2) is 5.82 Å². The van der Waals surface area contributed by atoms with Crippen LogP contribution in [0.1, 0.15) is 51.7 Å². The van der Waals surface area contributed by atoms with E-state index in [9.17, 15) is 4.79 Å². The molecule has 0 saturated carbocycles. The van der Waals surface area contributed by atoms with Crippen LogP contribution < -0.4 is 5.32 Å². The van der Waals surface area contributed by atoms with Crippen LogP contribution in [0.2, 0.25) is 0 Å². The first-order valence-electron chi connectivity index (χ1n) is 6.93. The van der Waals surface area contributed by atoms with Gasteiger partial charge in [-0.15, -0.1) is 0 Å². The number of aromatic nitrogens is 2. The Labute approximate surface area is 114 Å². The maximum Gasteiger partial charge on any atom is 0.317 e. The molecule has 19 heavy (non-hydrogen) atoms. The first kappa shape index (κ1) is 15.5. The van der Waals surface area contributed by atoms with E-state index in [0.29, 0.717) is 18.9 Å². The quantitative estimate of drug-likeness (QED) is 0.769. The number of amides is 2. The molecule has 1 N–H and O–H groups in total. The number of nitrogens with zero attached hydrogens (tertiary/aromatic N) is 3. The lowest BCUT2D eigenvalue weighted by Crippen LogP contribution is -2.40. The van der Waals surface area contributed by atoms with Gasteiger partial charge >= 0.3 is 6.03 Å². The third kappa shape index (κ3) is 4.89. The molecule has 0 radical (unpaired) electrons. The Morgan fingerprint density at radius 1 is 1.37 bits per heavy atom. The lowest BCUT2D eigenvalue weighted by atomic mass is 10.2. The minimum Gasteiger partial charge on any atom is -0.339 e.